The number of nitrogens with one attached hydrogen (secondary N) is 1. The zero-order valence-electron chi connectivity index (χ0n) is 30.8. The average molecular weight is 794 g/mol. The van der Waals surface area contributed by atoms with Crippen LogP contribution in [0.4, 0.5) is 21.0 Å². The van der Waals surface area contributed by atoms with Crippen LogP contribution in [0.2, 0.25) is 10.3 Å². The molecule has 17 nitrogen and oxygen atoms in total. The molecule has 0 bridgehead atoms. The minimum atomic E-state index is -0.639. The van der Waals surface area contributed by atoms with Crippen molar-refractivity contribution in [3.8, 4) is 0 Å². The number of carbonyl (C=O) groups excluding carboxylic acids is 6. The molecule has 2 aliphatic heterocycles. The first-order valence-corrected chi connectivity index (χ1v) is 16.7. The number of hydrogen-bond donors (Lipinski definition) is 2. The van der Waals surface area contributed by atoms with Gasteiger partial charge < -0.3 is 43.0 Å². The summed E-state index contributed by atoms with van der Waals surface area (Å²) in [6.07, 6.45) is 5.44. The number of carbonyl (C=O) groups is 6. The van der Waals surface area contributed by atoms with Crippen LogP contribution in [0.3, 0.4) is 0 Å². The van der Waals surface area contributed by atoms with E-state index in [1.54, 1.807) is 41.2 Å². The number of amides is 2. The van der Waals surface area contributed by atoms with E-state index in [0.29, 0.717) is 74.3 Å². The van der Waals surface area contributed by atoms with Gasteiger partial charge in [-0.25, -0.2) is 38.9 Å². The van der Waals surface area contributed by atoms with Gasteiger partial charge in [-0.2, -0.15) is 0 Å². The van der Waals surface area contributed by atoms with Crippen molar-refractivity contribution in [1.29, 1.82) is 0 Å². The molecule has 0 spiro atoms. The van der Waals surface area contributed by atoms with Crippen LogP contribution in [0.5, 0.6) is 0 Å². The van der Waals surface area contributed by atoms with E-state index >= 15 is 0 Å². The quantitative estimate of drug-likeness (QED) is 0.194. The molecule has 4 rings (SSSR count). The smallest absolute Gasteiger partial charge is 0.793 e. The van der Waals surface area contributed by atoms with Crippen molar-refractivity contribution in [3.63, 3.8) is 0 Å². The van der Waals surface area contributed by atoms with Crippen LogP contribution >= 0.6 is 23.2 Å². The molecule has 4 heterocycles. The molecule has 53 heavy (non-hydrogen) atoms. The molecule has 3 radical (unpaired) electrons. The number of Topliss-reactive ketones (excluding diaryl/α,β-unsaturated/α-hetero) is 1. The first-order valence-electron chi connectivity index (χ1n) is 16.0. The van der Waals surface area contributed by atoms with Crippen molar-refractivity contribution < 1.29 is 82.2 Å². The number of nitrogens with zero attached hydrogens (tertiary/aromatic N) is 4. The first-order chi connectivity index (χ1) is 24.6. The van der Waals surface area contributed by atoms with E-state index in [1.165, 1.54) is 6.92 Å². The fourth-order valence-corrected chi connectivity index (χ4v) is 4.10. The van der Waals surface area contributed by atoms with E-state index in [1.807, 2.05) is 19.1 Å². The second kappa shape index (κ2) is 30.6. The summed E-state index contributed by atoms with van der Waals surface area (Å²) in [6.45, 7) is 10.3. The van der Waals surface area contributed by atoms with Crippen molar-refractivity contribution in [2.24, 2.45) is 0 Å². The van der Waals surface area contributed by atoms with Gasteiger partial charge in [-0.1, -0.05) is 23.2 Å². The number of ketones is 1. The van der Waals surface area contributed by atoms with Gasteiger partial charge in [-0.05, 0) is 51.0 Å². The molecule has 3 N–H and O–H groups in total. The molecule has 0 atom stereocenters. The summed E-state index contributed by atoms with van der Waals surface area (Å²) in [5, 5.41) is 4.22. The molecule has 2 aromatic rings. The molecule has 21 heteroatoms. The molecule has 0 aromatic carbocycles. The first kappa shape index (κ1) is 51.3. The minimum Gasteiger partial charge on any atom is -0.793 e. The number of piperidine rings is 2. The molecular formula is C32H45BCl2N6NaO11. The van der Waals surface area contributed by atoms with Gasteiger partial charge in [0.1, 0.15) is 5.78 Å². The van der Waals surface area contributed by atoms with Crippen LogP contribution in [0.25, 0.3) is 0 Å². The van der Waals surface area contributed by atoms with Gasteiger partial charge in [0, 0.05) is 78.2 Å². The van der Waals surface area contributed by atoms with Crippen LogP contribution < -0.4 is 40.6 Å². The monoisotopic (exact) mass is 793 g/mol. The van der Waals surface area contributed by atoms with E-state index in [4.69, 9.17) is 38.4 Å². The van der Waals surface area contributed by atoms with E-state index in [-0.39, 0.29) is 47.5 Å². The van der Waals surface area contributed by atoms with Gasteiger partial charge >= 0.3 is 53.7 Å². The summed E-state index contributed by atoms with van der Waals surface area (Å²) in [7, 11) is 4.32. The number of halogens is 2. The number of pyridine rings is 2. The van der Waals surface area contributed by atoms with Gasteiger partial charge in [-0.15, -0.1) is 0 Å². The summed E-state index contributed by atoms with van der Waals surface area (Å²) in [5.74, 6) is -1.51. The Hall–Kier alpha value is -3.84. The minimum absolute atomic E-state index is 0. The number of nitrogens with two attached hydrogens (primary N) is 1. The average Bonchev–Trinajstić information content (AvgIpc) is 3.11. The van der Waals surface area contributed by atoms with E-state index in [2.05, 4.69) is 37.8 Å². The maximum atomic E-state index is 11.6. The molecule has 0 unspecified atom stereocenters. The summed E-state index contributed by atoms with van der Waals surface area (Å²) in [6, 6.07) is 7.51. The number of rotatable bonds is 4. The van der Waals surface area contributed by atoms with Crippen LogP contribution in [0.15, 0.2) is 36.7 Å². The number of ether oxygens (including phenoxy) is 2. The molecular weight excluding hydrogens is 749 g/mol. The second-order valence-corrected chi connectivity index (χ2v) is 11.0. The fraction of sp³-hybridized carbons (Fsp3) is 0.500. The van der Waals surface area contributed by atoms with E-state index in [9.17, 15) is 28.8 Å². The normalized spacial score (nSPS) is 13.0. The Bertz CT molecular complexity index is 1380. The molecule has 2 aliphatic rings. The number of likely N-dealkylation sites (tertiary alicyclic amines) is 2. The Morgan fingerprint density at radius 3 is 1.60 bits per heavy atom. The maximum Gasteiger partial charge on any atom is 1.00 e. The van der Waals surface area contributed by atoms with Gasteiger partial charge in [0.15, 0.2) is 10.3 Å². The largest absolute Gasteiger partial charge is 1.00 e. The second-order valence-electron chi connectivity index (χ2n) is 10.3. The van der Waals surface area contributed by atoms with Gasteiger partial charge in [-0.3, -0.25) is 9.59 Å². The van der Waals surface area contributed by atoms with Crippen molar-refractivity contribution in [3.05, 3.63) is 47.0 Å². The van der Waals surface area contributed by atoms with E-state index in [0.717, 1.165) is 32.4 Å². The summed E-state index contributed by atoms with van der Waals surface area (Å²) in [4.78, 5) is 81.3. The number of nitrogen functional groups attached to an aromatic ring is 1. The molecule has 2 aromatic heterocycles. The molecule has 0 saturated carbocycles. The van der Waals surface area contributed by atoms with Crippen molar-refractivity contribution >= 4 is 78.5 Å². The maximum absolute atomic E-state index is 11.6. The Kier molecular flexibility index (Phi) is 29.6. The Balaban J connectivity index is 0. The summed E-state index contributed by atoms with van der Waals surface area (Å²) >= 11 is 11.5. The van der Waals surface area contributed by atoms with Gasteiger partial charge in [0.2, 0.25) is 5.97 Å². The Morgan fingerprint density at radius 2 is 1.25 bits per heavy atom. The van der Waals surface area contributed by atoms with Gasteiger partial charge in [0.05, 0.1) is 24.6 Å². The molecule has 287 valence electrons. The molecule has 2 fully saturated rings. The number of anilines is 2. The van der Waals surface area contributed by atoms with E-state index < -0.39 is 17.9 Å². The Morgan fingerprint density at radius 1 is 0.811 bits per heavy atom. The zero-order valence-corrected chi connectivity index (χ0v) is 34.3. The SMILES string of the molecule is CC(=O)OOC(C)=O.CCOC(=O)N1CCC(=O)CC1.CCOC(=O)N1CCC(Nc2cccnc2Cl)CC1.Nc1cccnc1Cl.[B-]OC(C)=O.[Na+]. The van der Waals surface area contributed by atoms with Crippen LogP contribution in [0, 0.1) is 0 Å². The predicted octanol–water partition coefficient (Wildman–Crippen LogP) is 1.56. The van der Waals surface area contributed by atoms with Crippen LogP contribution in [-0.2, 0) is 43.1 Å². The summed E-state index contributed by atoms with van der Waals surface area (Å²) < 4.78 is 13.4. The predicted molar refractivity (Wildman–Crippen MR) is 192 cm³/mol. The van der Waals surface area contributed by atoms with Crippen molar-refractivity contribution in [1.82, 2.24) is 19.8 Å². The molecule has 2 saturated heterocycles. The van der Waals surface area contributed by atoms with Crippen LogP contribution in [-0.4, -0.2) is 109 Å². The number of aromatic nitrogens is 2. The third kappa shape index (κ3) is 25.7. The topological polar surface area (TPSA) is 219 Å². The standard InChI is InChI=1S/C13H18ClN3O2.C8H13NO3.C5H5ClN2.C4H6O4.C2H3BO2.Na/c1-2-19-13(18)17-8-5-10(6-9-17)16-11-4-3-7-15-12(11)14;1-2-12-8(11)9-5-3-7(10)4-6-9;6-5-4(7)2-1-3-8-5;1-3(5)7-8-4(2)6;1-2(4)5-3;/h3-4,7,10,16H,2,5-6,8-9H2,1H3;2-6H2,1H3;1-3H,7H2;1-2H3;1H3;/q;;;;-1;+1. The summed E-state index contributed by atoms with van der Waals surface area (Å²) in [5.41, 5.74) is 6.69. The third-order valence-corrected chi connectivity index (χ3v) is 6.83. The zero-order chi connectivity index (χ0) is 39.5. The van der Waals surface area contributed by atoms with Crippen molar-refractivity contribution in [2.75, 3.05) is 50.4 Å². The number of hydrogen-bond acceptors (Lipinski definition) is 15. The third-order valence-electron chi connectivity index (χ3n) is 6.22. The van der Waals surface area contributed by atoms with Crippen molar-refractivity contribution in [2.45, 2.75) is 66.3 Å². The Labute approximate surface area is 342 Å². The molecule has 2 amide bonds. The molecule has 0 aliphatic carbocycles. The van der Waals surface area contributed by atoms with Gasteiger partial charge in [0.25, 0.3) is 0 Å². The van der Waals surface area contributed by atoms with Crippen LogP contribution in [0.1, 0.15) is 60.3 Å². The fourth-order valence-electron chi connectivity index (χ4n) is 3.80.